The number of hydrogen-bond acceptors (Lipinski definition) is 3. The fraction of sp³-hybridized carbons (Fsp3) is 0.625. The number of benzene rings is 1. The molecule has 3 rings (SSSR count). The molecule has 2 atom stereocenters. The van der Waals surface area contributed by atoms with Crippen LogP contribution in [0.5, 0.6) is 0 Å². The average Bonchev–Trinajstić information content (AvgIpc) is 2.81. The number of nitrogens with two attached hydrogens (primary N) is 1. The second-order valence-corrected chi connectivity index (χ2v) is 6.27. The van der Waals surface area contributed by atoms with Gasteiger partial charge in [-0.1, -0.05) is 17.7 Å². The molecular formula is C16H25N3. The third kappa shape index (κ3) is 2.63. The van der Waals surface area contributed by atoms with Crippen LogP contribution in [0.2, 0.25) is 0 Å². The highest BCUT2D eigenvalue weighted by Gasteiger charge is 2.34. The maximum atomic E-state index is 6.12. The Morgan fingerprint density at radius 2 is 2.16 bits per heavy atom. The van der Waals surface area contributed by atoms with Crippen molar-refractivity contribution in [3.63, 3.8) is 0 Å². The summed E-state index contributed by atoms with van der Waals surface area (Å²) in [4.78, 5) is 5.28. The van der Waals surface area contributed by atoms with E-state index in [2.05, 4.69) is 35.8 Å². The molecule has 0 radical (unpaired) electrons. The minimum Gasteiger partial charge on any atom is -0.398 e. The highest BCUT2D eigenvalue weighted by atomic mass is 15.3. The lowest BCUT2D eigenvalue weighted by Crippen LogP contribution is -2.54. The molecular weight excluding hydrogens is 234 g/mol. The molecule has 3 heteroatoms. The molecule has 3 nitrogen and oxygen atoms in total. The SMILES string of the molecule is Cc1ccc(N)c(CN2CC3CCCN3CC2C)c1. The number of rotatable bonds is 2. The topological polar surface area (TPSA) is 32.5 Å². The van der Waals surface area contributed by atoms with Crippen LogP contribution in [0, 0.1) is 6.92 Å². The second kappa shape index (κ2) is 5.14. The van der Waals surface area contributed by atoms with Gasteiger partial charge in [0.2, 0.25) is 0 Å². The van der Waals surface area contributed by atoms with E-state index in [0.29, 0.717) is 6.04 Å². The molecule has 2 heterocycles. The highest BCUT2D eigenvalue weighted by molar-refractivity contribution is 5.48. The van der Waals surface area contributed by atoms with Gasteiger partial charge in [0.15, 0.2) is 0 Å². The molecule has 2 saturated heterocycles. The summed E-state index contributed by atoms with van der Waals surface area (Å²) in [5.41, 5.74) is 9.65. The van der Waals surface area contributed by atoms with E-state index in [-0.39, 0.29) is 0 Å². The number of nitrogen functional groups attached to an aromatic ring is 1. The van der Waals surface area contributed by atoms with Gasteiger partial charge in [0.25, 0.3) is 0 Å². The Hall–Kier alpha value is -1.06. The van der Waals surface area contributed by atoms with Crippen LogP contribution in [0.1, 0.15) is 30.9 Å². The van der Waals surface area contributed by atoms with Gasteiger partial charge in [-0.15, -0.1) is 0 Å². The van der Waals surface area contributed by atoms with Crippen molar-refractivity contribution in [2.45, 2.75) is 45.3 Å². The van der Waals surface area contributed by atoms with Crippen LogP contribution in [0.15, 0.2) is 18.2 Å². The standard InChI is InChI=1S/C16H25N3/c1-12-5-6-16(17)14(8-12)10-19-11-15-4-3-7-18(15)9-13(19)2/h5-6,8,13,15H,3-4,7,9-11,17H2,1-2H3. The zero-order chi connectivity index (χ0) is 13.4. The Morgan fingerprint density at radius 1 is 1.32 bits per heavy atom. The van der Waals surface area contributed by atoms with Crippen molar-refractivity contribution < 1.29 is 0 Å². The lowest BCUT2D eigenvalue weighted by molar-refractivity contribution is 0.0542. The molecule has 2 aliphatic heterocycles. The number of anilines is 1. The molecule has 0 spiro atoms. The van der Waals surface area contributed by atoms with Gasteiger partial charge in [-0.3, -0.25) is 9.80 Å². The molecule has 1 aromatic carbocycles. The third-order valence-electron chi connectivity index (χ3n) is 4.74. The first-order valence-corrected chi connectivity index (χ1v) is 7.46. The van der Waals surface area contributed by atoms with Gasteiger partial charge in [-0.2, -0.15) is 0 Å². The lowest BCUT2D eigenvalue weighted by Gasteiger charge is -2.42. The molecule has 2 fully saturated rings. The fourth-order valence-electron chi connectivity index (χ4n) is 3.56. The van der Waals surface area contributed by atoms with Crippen molar-refractivity contribution in [3.05, 3.63) is 29.3 Å². The molecule has 0 aliphatic carbocycles. The normalized spacial score (nSPS) is 28.5. The summed E-state index contributed by atoms with van der Waals surface area (Å²) in [6.45, 7) is 9.21. The highest BCUT2D eigenvalue weighted by Crippen LogP contribution is 2.26. The van der Waals surface area contributed by atoms with Gasteiger partial charge >= 0.3 is 0 Å². The lowest BCUT2D eigenvalue weighted by atomic mass is 10.0. The molecule has 2 N–H and O–H groups in total. The number of hydrogen-bond donors (Lipinski definition) is 1. The predicted octanol–water partition coefficient (Wildman–Crippen LogP) is 2.25. The summed E-state index contributed by atoms with van der Waals surface area (Å²) in [5.74, 6) is 0. The summed E-state index contributed by atoms with van der Waals surface area (Å²) in [7, 11) is 0. The summed E-state index contributed by atoms with van der Waals surface area (Å²) in [5, 5.41) is 0. The largest absolute Gasteiger partial charge is 0.398 e. The van der Waals surface area contributed by atoms with Crippen molar-refractivity contribution >= 4 is 5.69 Å². The first kappa shape index (κ1) is 12.9. The molecule has 19 heavy (non-hydrogen) atoms. The van der Waals surface area contributed by atoms with E-state index in [1.165, 1.54) is 43.6 Å². The molecule has 0 saturated carbocycles. The monoisotopic (exact) mass is 259 g/mol. The van der Waals surface area contributed by atoms with Crippen LogP contribution in [-0.4, -0.2) is 41.5 Å². The van der Waals surface area contributed by atoms with Crippen molar-refractivity contribution in [1.82, 2.24) is 9.80 Å². The van der Waals surface area contributed by atoms with Crippen molar-refractivity contribution in [2.75, 3.05) is 25.4 Å². The van der Waals surface area contributed by atoms with Crippen LogP contribution >= 0.6 is 0 Å². The summed E-state index contributed by atoms with van der Waals surface area (Å²) in [6.07, 6.45) is 2.74. The Labute approximate surface area is 116 Å². The van der Waals surface area contributed by atoms with Crippen molar-refractivity contribution in [2.24, 2.45) is 0 Å². The van der Waals surface area contributed by atoms with E-state index in [1.807, 2.05) is 6.07 Å². The van der Waals surface area contributed by atoms with E-state index in [1.54, 1.807) is 0 Å². The predicted molar refractivity (Wildman–Crippen MR) is 80.1 cm³/mol. The Kier molecular flexibility index (Phi) is 3.50. The second-order valence-electron chi connectivity index (χ2n) is 6.27. The average molecular weight is 259 g/mol. The van der Waals surface area contributed by atoms with Crippen LogP contribution in [0.3, 0.4) is 0 Å². The van der Waals surface area contributed by atoms with Gasteiger partial charge in [0.1, 0.15) is 0 Å². The summed E-state index contributed by atoms with van der Waals surface area (Å²) < 4.78 is 0. The van der Waals surface area contributed by atoms with Gasteiger partial charge in [0, 0.05) is 37.4 Å². The Morgan fingerprint density at radius 3 is 3.00 bits per heavy atom. The molecule has 104 valence electrons. The number of piperazine rings is 1. The minimum absolute atomic E-state index is 0.634. The third-order valence-corrected chi connectivity index (χ3v) is 4.74. The van der Waals surface area contributed by atoms with Crippen molar-refractivity contribution in [3.8, 4) is 0 Å². The smallest absolute Gasteiger partial charge is 0.0359 e. The first-order chi connectivity index (χ1) is 9.13. The van der Waals surface area contributed by atoms with Gasteiger partial charge in [-0.05, 0) is 44.9 Å². The molecule has 1 aromatic rings. The van der Waals surface area contributed by atoms with Crippen LogP contribution in [0.25, 0.3) is 0 Å². The summed E-state index contributed by atoms with van der Waals surface area (Å²) in [6, 6.07) is 7.79. The Balaban J connectivity index is 1.73. The maximum absolute atomic E-state index is 6.12. The van der Waals surface area contributed by atoms with E-state index in [4.69, 9.17) is 5.73 Å². The van der Waals surface area contributed by atoms with Crippen molar-refractivity contribution in [1.29, 1.82) is 0 Å². The summed E-state index contributed by atoms with van der Waals surface area (Å²) >= 11 is 0. The van der Waals surface area contributed by atoms with Crippen LogP contribution in [-0.2, 0) is 6.54 Å². The zero-order valence-corrected chi connectivity index (χ0v) is 12.1. The molecule has 0 aromatic heterocycles. The minimum atomic E-state index is 0.634. The number of aryl methyl sites for hydroxylation is 1. The first-order valence-electron chi connectivity index (χ1n) is 7.46. The van der Waals surface area contributed by atoms with E-state index in [0.717, 1.165) is 18.3 Å². The molecule has 2 unspecified atom stereocenters. The van der Waals surface area contributed by atoms with Gasteiger partial charge < -0.3 is 5.73 Å². The zero-order valence-electron chi connectivity index (χ0n) is 12.1. The number of nitrogens with zero attached hydrogens (tertiary/aromatic N) is 2. The van der Waals surface area contributed by atoms with E-state index < -0.39 is 0 Å². The number of fused-ring (bicyclic) bond motifs is 1. The van der Waals surface area contributed by atoms with Crippen LogP contribution in [0.4, 0.5) is 5.69 Å². The van der Waals surface area contributed by atoms with Gasteiger partial charge in [-0.25, -0.2) is 0 Å². The molecule has 0 amide bonds. The maximum Gasteiger partial charge on any atom is 0.0359 e. The molecule has 0 bridgehead atoms. The van der Waals surface area contributed by atoms with Gasteiger partial charge in [0.05, 0.1) is 0 Å². The molecule has 2 aliphatic rings. The fourth-order valence-corrected chi connectivity index (χ4v) is 3.56. The van der Waals surface area contributed by atoms with E-state index >= 15 is 0 Å². The quantitative estimate of drug-likeness (QED) is 0.827. The van der Waals surface area contributed by atoms with E-state index in [9.17, 15) is 0 Å². The Bertz CT molecular complexity index is 457. The van der Waals surface area contributed by atoms with Crippen LogP contribution < -0.4 is 5.73 Å².